The van der Waals surface area contributed by atoms with Crippen LogP contribution in [0.15, 0.2) is 0 Å². The third-order valence-corrected chi connectivity index (χ3v) is 7.15. The Balaban J connectivity index is 1.64. The number of esters is 1. The lowest BCUT2D eigenvalue weighted by atomic mass is 10.1. The maximum atomic E-state index is 13.4. The zero-order chi connectivity index (χ0) is 24.6. The summed E-state index contributed by atoms with van der Waals surface area (Å²) < 4.78 is 11.0. The van der Waals surface area contributed by atoms with Gasteiger partial charge in [-0.2, -0.15) is 0 Å². The van der Waals surface area contributed by atoms with E-state index in [-0.39, 0.29) is 43.2 Å². The fraction of sp³-hybridized carbons (Fsp3) is 0.783. The standard InChI is InChI=1S/C23H34N4O7/c1-13-9-17-23(32)34-14(2)10-19(28)25-6-4-5-16(25)22(31)26-7-8-33-12-18(26)20(29)24-15(3)21(30)27(17)11-13/h13-18H,4-12H2,1-3H3,(H,24,29)/t13-,14+,15+,16+,17+,18+/m1/s1. The molecule has 6 atom stereocenters. The second kappa shape index (κ2) is 9.89. The average molecular weight is 479 g/mol. The van der Waals surface area contributed by atoms with Crippen LogP contribution in [0.25, 0.3) is 0 Å². The first-order valence-electron chi connectivity index (χ1n) is 12.2. The molecule has 34 heavy (non-hydrogen) atoms. The molecule has 188 valence electrons. The molecule has 4 amide bonds. The lowest BCUT2D eigenvalue weighted by Crippen LogP contribution is -2.62. The number of amides is 4. The van der Waals surface area contributed by atoms with Crippen LogP contribution in [-0.2, 0) is 33.4 Å². The molecule has 4 rings (SSSR count). The molecule has 11 heteroatoms. The van der Waals surface area contributed by atoms with E-state index in [1.54, 1.807) is 18.7 Å². The molecule has 4 fully saturated rings. The highest BCUT2D eigenvalue weighted by Gasteiger charge is 2.44. The van der Waals surface area contributed by atoms with Gasteiger partial charge < -0.3 is 29.5 Å². The largest absolute Gasteiger partial charge is 0.461 e. The van der Waals surface area contributed by atoms with E-state index >= 15 is 0 Å². The van der Waals surface area contributed by atoms with Crippen LogP contribution in [0.5, 0.6) is 0 Å². The molecule has 1 N–H and O–H groups in total. The number of hydrogen-bond acceptors (Lipinski definition) is 7. The Morgan fingerprint density at radius 3 is 2.41 bits per heavy atom. The predicted molar refractivity (Wildman–Crippen MR) is 118 cm³/mol. The molecule has 4 saturated heterocycles. The third kappa shape index (κ3) is 4.75. The van der Waals surface area contributed by atoms with Gasteiger partial charge >= 0.3 is 5.97 Å². The Morgan fingerprint density at radius 2 is 1.65 bits per heavy atom. The molecule has 0 aromatic carbocycles. The van der Waals surface area contributed by atoms with Gasteiger partial charge in [0.05, 0.1) is 19.6 Å². The highest BCUT2D eigenvalue weighted by Crippen LogP contribution is 2.27. The maximum Gasteiger partial charge on any atom is 0.329 e. The second-order valence-electron chi connectivity index (χ2n) is 9.90. The monoisotopic (exact) mass is 478 g/mol. The van der Waals surface area contributed by atoms with Gasteiger partial charge in [0, 0.05) is 19.6 Å². The van der Waals surface area contributed by atoms with E-state index in [1.165, 1.54) is 9.80 Å². The molecule has 4 heterocycles. The first-order chi connectivity index (χ1) is 16.2. The third-order valence-electron chi connectivity index (χ3n) is 7.15. The van der Waals surface area contributed by atoms with E-state index < -0.39 is 42.1 Å². The van der Waals surface area contributed by atoms with Gasteiger partial charge in [-0.05, 0) is 39.0 Å². The Labute approximate surface area is 199 Å². The van der Waals surface area contributed by atoms with Gasteiger partial charge in [0.15, 0.2) is 0 Å². The van der Waals surface area contributed by atoms with Crippen molar-refractivity contribution in [2.75, 3.05) is 32.8 Å². The van der Waals surface area contributed by atoms with Gasteiger partial charge in [0.1, 0.15) is 30.3 Å². The fourth-order valence-corrected chi connectivity index (χ4v) is 5.41. The zero-order valence-electron chi connectivity index (χ0n) is 20.0. The SMILES string of the molecule is C[C@@H]1C[C@H]2C(=O)O[C@@H](C)CC(=O)N3CCC[C@H]3C(=O)N3CCOC[C@H]3C(=O)N[C@@H](C)C(=O)N2C1. The molecule has 0 spiro atoms. The van der Waals surface area contributed by atoms with Gasteiger partial charge in [0.2, 0.25) is 23.6 Å². The predicted octanol–water partition coefficient (Wildman–Crippen LogP) is -0.718. The van der Waals surface area contributed by atoms with Crippen molar-refractivity contribution < 1.29 is 33.4 Å². The summed E-state index contributed by atoms with van der Waals surface area (Å²) in [6.45, 7) is 6.54. The number of fused-ring (bicyclic) bond motifs is 3. The summed E-state index contributed by atoms with van der Waals surface area (Å²) >= 11 is 0. The first-order valence-corrected chi connectivity index (χ1v) is 12.2. The lowest BCUT2D eigenvalue weighted by molar-refractivity contribution is -0.161. The topological polar surface area (TPSA) is 126 Å². The molecule has 0 radical (unpaired) electrons. The second-order valence-corrected chi connectivity index (χ2v) is 9.90. The van der Waals surface area contributed by atoms with Crippen LogP contribution in [-0.4, -0.2) is 107 Å². The van der Waals surface area contributed by atoms with Gasteiger partial charge in [0.25, 0.3) is 0 Å². The molecular weight excluding hydrogens is 444 g/mol. The minimum absolute atomic E-state index is 0.0197. The molecule has 11 nitrogen and oxygen atoms in total. The van der Waals surface area contributed by atoms with E-state index in [0.29, 0.717) is 39.0 Å². The molecular formula is C23H34N4O7. The van der Waals surface area contributed by atoms with E-state index in [9.17, 15) is 24.0 Å². The number of carbonyl (C=O) groups is 5. The molecule has 0 bridgehead atoms. The number of hydrogen-bond donors (Lipinski definition) is 1. The van der Waals surface area contributed by atoms with Crippen molar-refractivity contribution in [3.63, 3.8) is 0 Å². The van der Waals surface area contributed by atoms with Crippen molar-refractivity contribution in [3.8, 4) is 0 Å². The van der Waals surface area contributed by atoms with E-state index in [4.69, 9.17) is 9.47 Å². The van der Waals surface area contributed by atoms with Crippen LogP contribution < -0.4 is 5.32 Å². The normalized spacial score (nSPS) is 36.1. The summed E-state index contributed by atoms with van der Waals surface area (Å²) in [4.78, 5) is 70.2. The van der Waals surface area contributed by atoms with Crippen molar-refractivity contribution in [1.29, 1.82) is 0 Å². The summed E-state index contributed by atoms with van der Waals surface area (Å²) in [5, 5.41) is 2.71. The highest BCUT2D eigenvalue weighted by atomic mass is 16.5. The van der Waals surface area contributed by atoms with Crippen molar-refractivity contribution in [2.45, 2.75) is 76.7 Å². The molecule has 0 aromatic rings. The van der Waals surface area contributed by atoms with Crippen molar-refractivity contribution >= 4 is 29.6 Å². The Hall–Kier alpha value is -2.69. The van der Waals surface area contributed by atoms with Crippen LogP contribution in [0.3, 0.4) is 0 Å². The van der Waals surface area contributed by atoms with Crippen molar-refractivity contribution in [1.82, 2.24) is 20.0 Å². The summed E-state index contributed by atoms with van der Waals surface area (Å²) in [6, 6.07) is -3.20. The van der Waals surface area contributed by atoms with Crippen LogP contribution in [0, 0.1) is 5.92 Å². The minimum Gasteiger partial charge on any atom is -0.461 e. The van der Waals surface area contributed by atoms with Crippen molar-refractivity contribution in [3.05, 3.63) is 0 Å². The molecule has 0 aromatic heterocycles. The van der Waals surface area contributed by atoms with E-state index in [0.717, 1.165) is 0 Å². The molecule has 4 aliphatic heterocycles. The number of morpholine rings is 1. The smallest absolute Gasteiger partial charge is 0.329 e. The number of ether oxygens (including phenoxy) is 2. The van der Waals surface area contributed by atoms with E-state index in [2.05, 4.69) is 5.32 Å². The molecule has 0 unspecified atom stereocenters. The quantitative estimate of drug-likeness (QED) is 0.456. The zero-order valence-corrected chi connectivity index (χ0v) is 20.0. The molecule has 0 aliphatic carbocycles. The van der Waals surface area contributed by atoms with Crippen LogP contribution in [0.1, 0.15) is 46.5 Å². The van der Waals surface area contributed by atoms with Crippen LogP contribution in [0.4, 0.5) is 0 Å². The van der Waals surface area contributed by atoms with E-state index in [1.807, 2.05) is 6.92 Å². The Morgan fingerprint density at radius 1 is 0.882 bits per heavy atom. The lowest BCUT2D eigenvalue weighted by Gasteiger charge is -2.38. The van der Waals surface area contributed by atoms with Gasteiger partial charge in [-0.15, -0.1) is 0 Å². The summed E-state index contributed by atoms with van der Waals surface area (Å²) in [6.07, 6.45) is 0.908. The Kier molecular flexibility index (Phi) is 7.11. The fourth-order valence-electron chi connectivity index (χ4n) is 5.41. The van der Waals surface area contributed by atoms with Gasteiger partial charge in [-0.3, -0.25) is 19.2 Å². The maximum absolute atomic E-state index is 13.4. The first kappa shape index (κ1) is 24.4. The average Bonchev–Trinajstić information content (AvgIpc) is 3.44. The summed E-state index contributed by atoms with van der Waals surface area (Å²) in [5.41, 5.74) is 0. The van der Waals surface area contributed by atoms with Crippen LogP contribution in [0.2, 0.25) is 0 Å². The summed E-state index contributed by atoms with van der Waals surface area (Å²) in [5.74, 6) is -1.89. The molecule has 4 aliphatic rings. The van der Waals surface area contributed by atoms with Gasteiger partial charge in [-0.1, -0.05) is 6.92 Å². The summed E-state index contributed by atoms with van der Waals surface area (Å²) in [7, 11) is 0. The van der Waals surface area contributed by atoms with Crippen molar-refractivity contribution in [2.24, 2.45) is 5.92 Å². The number of nitrogens with zero attached hydrogens (tertiary/aromatic N) is 3. The number of nitrogens with one attached hydrogen (secondary N) is 1. The number of cyclic esters (lactones) is 1. The Bertz CT molecular complexity index is 864. The minimum atomic E-state index is -0.890. The molecule has 0 saturated carbocycles. The van der Waals surface area contributed by atoms with Crippen LogP contribution >= 0.6 is 0 Å². The van der Waals surface area contributed by atoms with Gasteiger partial charge in [-0.25, -0.2) is 4.79 Å². The highest BCUT2D eigenvalue weighted by molar-refractivity contribution is 5.95. The number of carbonyl (C=O) groups excluding carboxylic acids is 5. The number of rotatable bonds is 0.